The summed E-state index contributed by atoms with van der Waals surface area (Å²) in [5.41, 5.74) is 0. The minimum Gasteiger partial charge on any atom is -0.394 e. The van der Waals surface area contributed by atoms with Crippen LogP contribution in [0.5, 0.6) is 0 Å². The second kappa shape index (κ2) is 4.82. The number of hydrogen-bond donors (Lipinski definition) is 2. The SMILES string of the molecule is CC[C@@H](CO)NC(=O)C(C)(C)Br. The van der Waals surface area contributed by atoms with Crippen molar-refractivity contribution in [3.05, 3.63) is 0 Å². The van der Waals surface area contributed by atoms with Crippen molar-refractivity contribution in [3.63, 3.8) is 0 Å². The third-order valence-electron chi connectivity index (χ3n) is 1.59. The molecule has 0 saturated carbocycles. The van der Waals surface area contributed by atoms with E-state index in [0.717, 1.165) is 6.42 Å². The molecule has 0 fully saturated rings. The number of hydrogen-bond acceptors (Lipinski definition) is 2. The Hall–Kier alpha value is -0.0900. The Balaban J connectivity index is 3.99. The largest absolute Gasteiger partial charge is 0.394 e. The lowest BCUT2D eigenvalue weighted by Gasteiger charge is -2.20. The average molecular weight is 238 g/mol. The van der Waals surface area contributed by atoms with E-state index in [4.69, 9.17) is 5.11 Å². The lowest BCUT2D eigenvalue weighted by molar-refractivity contribution is -0.123. The van der Waals surface area contributed by atoms with Gasteiger partial charge in [0.1, 0.15) is 0 Å². The molecule has 4 heteroatoms. The summed E-state index contributed by atoms with van der Waals surface area (Å²) in [4.78, 5) is 11.3. The molecule has 12 heavy (non-hydrogen) atoms. The molecule has 0 heterocycles. The van der Waals surface area contributed by atoms with Gasteiger partial charge in [-0.15, -0.1) is 0 Å². The number of aliphatic hydroxyl groups is 1. The Labute approximate surface area is 81.7 Å². The van der Waals surface area contributed by atoms with Crippen LogP contribution in [0.25, 0.3) is 0 Å². The van der Waals surface area contributed by atoms with Crippen LogP contribution in [-0.2, 0) is 4.79 Å². The number of aliphatic hydroxyl groups excluding tert-OH is 1. The molecule has 0 aromatic rings. The molecule has 0 aliphatic heterocycles. The molecule has 0 aliphatic carbocycles. The maximum Gasteiger partial charge on any atom is 0.236 e. The molecule has 1 amide bonds. The van der Waals surface area contributed by atoms with E-state index in [9.17, 15) is 4.79 Å². The molecular weight excluding hydrogens is 222 g/mol. The van der Waals surface area contributed by atoms with Gasteiger partial charge in [-0.25, -0.2) is 0 Å². The summed E-state index contributed by atoms with van der Waals surface area (Å²) >= 11 is 3.24. The quantitative estimate of drug-likeness (QED) is 0.719. The van der Waals surface area contributed by atoms with Crippen LogP contribution in [0.2, 0.25) is 0 Å². The number of amides is 1. The zero-order valence-corrected chi connectivity index (χ0v) is 9.31. The summed E-state index contributed by atoms with van der Waals surface area (Å²) in [6.45, 7) is 5.45. The minimum absolute atomic E-state index is 0.00861. The van der Waals surface area contributed by atoms with E-state index in [1.165, 1.54) is 0 Å². The van der Waals surface area contributed by atoms with Crippen molar-refractivity contribution < 1.29 is 9.90 Å². The highest BCUT2D eigenvalue weighted by Crippen LogP contribution is 2.15. The number of rotatable bonds is 4. The number of alkyl halides is 1. The third-order valence-corrected chi connectivity index (χ3v) is 1.95. The topological polar surface area (TPSA) is 49.3 Å². The Morgan fingerprint density at radius 1 is 1.67 bits per heavy atom. The summed E-state index contributed by atoms with van der Waals surface area (Å²) in [6, 6.07) is -0.130. The van der Waals surface area contributed by atoms with Crippen LogP contribution in [0.4, 0.5) is 0 Å². The highest BCUT2D eigenvalue weighted by atomic mass is 79.9. The second-order valence-electron chi connectivity index (χ2n) is 3.23. The fourth-order valence-electron chi connectivity index (χ4n) is 0.634. The van der Waals surface area contributed by atoms with Crippen LogP contribution in [-0.4, -0.2) is 28.0 Å². The van der Waals surface area contributed by atoms with E-state index in [2.05, 4.69) is 21.2 Å². The van der Waals surface area contributed by atoms with Crippen molar-refractivity contribution in [2.75, 3.05) is 6.61 Å². The Morgan fingerprint density at radius 2 is 2.17 bits per heavy atom. The summed E-state index contributed by atoms with van der Waals surface area (Å²) in [6.07, 6.45) is 0.741. The summed E-state index contributed by atoms with van der Waals surface area (Å²) in [7, 11) is 0. The molecule has 0 aromatic heterocycles. The predicted molar refractivity (Wildman–Crippen MR) is 52.3 cm³/mol. The van der Waals surface area contributed by atoms with Crippen LogP contribution >= 0.6 is 15.9 Å². The van der Waals surface area contributed by atoms with Crippen LogP contribution in [0.1, 0.15) is 27.2 Å². The number of nitrogens with one attached hydrogen (secondary N) is 1. The van der Waals surface area contributed by atoms with Crippen molar-refractivity contribution in [3.8, 4) is 0 Å². The average Bonchev–Trinajstić information content (AvgIpc) is 1.97. The summed E-state index contributed by atoms with van der Waals surface area (Å²) in [5.74, 6) is -0.0941. The van der Waals surface area contributed by atoms with Gasteiger partial charge in [-0.3, -0.25) is 4.79 Å². The van der Waals surface area contributed by atoms with Gasteiger partial charge in [0, 0.05) is 0 Å². The van der Waals surface area contributed by atoms with E-state index in [-0.39, 0.29) is 18.6 Å². The van der Waals surface area contributed by atoms with Crippen LogP contribution < -0.4 is 5.32 Å². The van der Waals surface area contributed by atoms with Gasteiger partial charge in [-0.1, -0.05) is 22.9 Å². The lowest BCUT2D eigenvalue weighted by atomic mass is 10.1. The van der Waals surface area contributed by atoms with E-state index < -0.39 is 4.32 Å². The lowest BCUT2D eigenvalue weighted by Crippen LogP contribution is -2.44. The van der Waals surface area contributed by atoms with Crippen LogP contribution in [0.15, 0.2) is 0 Å². The Kier molecular flexibility index (Phi) is 4.78. The van der Waals surface area contributed by atoms with Crippen LogP contribution in [0, 0.1) is 0 Å². The van der Waals surface area contributed by atoms with Gasteiger partial charge in [-0.05, 0) is 20.3 Å². The fraction of sp³-hybridized carbons (Fsp3) is 0.875. The molecule has 0 rings (SSSR count). The van der Waals surface area contributed by atoms with Crippen molar-refractivity contribution in [2.45, 2.75) is 37.6 Å². The van der Waals surface area contributed by atoms with Crippen LogP contribution in [0.3, 0.4) is 0 Å². The van der Waals surface area contributed by atoms with Gasteiger partial charge in [0.25, 0.3) is 0 Å². The molecule has 3 nitrogen and oxygen atoms in total. The molecule has 0 aromatic carbocycles. The predicted octanol–water partition coefficient (Wildman–Crippen LogP) is 1.05. The van der Waals surface area contributed by atoms with Crippen molar-refractivity contribution >= 4 is 21.8 Å². The standard InChI is InChI=1S/C8H16BrNO2/c1-4-6(5-11)10-7(12)8(2,3)9/h6,11H,4-5H2,1-3H3,(H,10,12)/t6-/m0/s1. The minimum atomic E-state index is -0.560. The smallest absolute Gasteiger partial charge is 0.236 e. The number of carbonyl (C=O) groups excluding carboxylic acids is 1. The first kappa shape index (κ1) is 11.9. The highest BCUT2D eigenvalue weighted by molar-refractivity contribution is 9.10. The summed E-state index contributed by atoms with van der Waals surface area (Å²) < 4.78 is -0.560. The maximum atomic E-state index is 11.3. The number of halogens is 1. The monoisotopic (exact) mass is 237 g/mol. The van der Waals surface area contributed by atoms with Crippen molar-refractivity contribution in [1.82, 2.24) is 5.32 Å². The van der Waals surface area contributed by atoms with E-state index in [1.54, 1.807) is 13.8 Å². The molecule has 0 radical (unpaired) electrons. The third kappa shape index (κ3) is 4.07. The van der Waals surface area contributed by atoms with Gasteiger partial charge in [0.05, 0.1) is 17.0 Å². The number of carbonyl (C=O) groups is 1. The zero-order valence-electron chi connectivity index (χ0n) is 7.72. The first-order valence-electron chi connectivity index (χ1n) is 4.02. The second-order valence-corrected chi connectivity index (χ2v) is 5.22. The normalized spacial score (nSPS) is 14.1. The molecule has 0 aliphatic rings. The highest BCUT2D eigenvalue weighted by Gasteiger charge is 2.24. The molecule has 0 spiro atoms. The molecule has 0 saturated heterocycles. The first-order valence-corrected chi connectivity index (χ1v) is 4.81. The molecule has 1 atom stereocenters. The Bertz CT molecular complexity index is 150. The van der Waals surface area contributed by atoms with E-state index >= 15 is 0 Å². The van der Waals surface area contributed by atoms with Gasteiger partial charge in [-0.2, -0.15) is 0 Å². The molecular formula is C8H16BrNO2. The molecule has 2 N–H and O–H groups in total. The van der Waals surface area contributed by atoms with Gasteiger partial charge in [0.15, 0.2) is 0 Å². The fourth-order valence-corrected chi connectivity index (χ4v) is 0.748. The van der Waals surface area contributed by atoms with E-state index in [0.29, 0.717) is 0 Å². The summed E-state index contributed by atoms with van der Waals surface area (Å²) in [5, 5.41) is 11.5. The maximum absolute atomic E-state index is 11.3. The Morgan fingerprint density at radius 3 is 2.42 bits per heavy atom. The van der Waals surface area contributed by atoms with Crippen molar-refractivity contribution in [2.24, 2.45) is 0 Å². The van der Waals surface area contributed by atoms with Gasteiger partial charge >= 0.3 is 0 Å². The van der Waals surface area contributed by atoms with Crippen molar-refractivity contribution in [1.29, 1.82) is 0 Å². The first-order chi connectivity index (χ1) is 5.41. The van der Waals surface area contributed by atoms with Gasteiger partial charge in [0.2, 0.25) is 5.91 Å². The molecule has 0 bridgehead atoms. The molecule has 72 valence electrons. The van der Waals surface area contributed by atoms with Gasteiger partial charge < -0.3 is 10.4 Å². The molecule has 0 unspecified atom stereocenters. The zero-order chi connectivity index (χ0) is 9.78. The van der Waals surface area contributed by atoms with E-state index in [1.807, 2.05) is 6.92 Å².